The van der Waals surface area contributed by atoms with E-state index in [1.54, 1.807) is 0 Å². The molecule has 70 valence electrons. The third-order valence-electron chi connectivity index (χ3n) is 1.31. The van der Waals surface area contributed by atoms with Crippen LogP contribution in [0.1, 0.15) is 0 Å². The summed E-state index contributed by atoms with van der Waals surface area (Å²) in [6.45, 7) is 0. The Morgan fingerprint density at radius 1 is 1.25 bits per heavy atom. The molecular formula is C6H11NO5. The van der Waals surface area contributed by atoms with E-state index in [9.17, 15) is 9.59 Å². The fourth-order valence-corrected chi connectivity index (χ4v) is 0.743. The Hall–Kier alpha value is -1.14. The first-order chi connectivity index (χ1) is 5.54. The summed E-state index contributed by atoms with van der Waals surface area (Å²) < 4.78 is 9.05. The van der Waals surface area contributed by atoms with E-state index >= 15 is 0 Å². The second-order valence-electron chi connectivity index (χ2n) is 2.05. The van der Waals surface area contributed by atoms with Crippen LogP contribution in [0.3, 0.4) is 0 Å². The van der Waals surface area contributed by atoms with Gasteiger partial charge in [-0.15, -0.1) is 0 Å². The molecule has 0 aliphatic carbocycles. The number of carbonyl (C=O) groups excluding carboxylic acids is 1. The van der Waals surface area contributed by atoms with Crippen LogP contribution in [-0.2, 0) is 19.1 Å². The predicted molar refractivity (Wildman–Crippen MR) is 38.4 cm³/mol. The summed E-state index contributed by atoms with van der Waals surface area (Å²) in [6.07, 6.45) is -2.61. The summed E-state index contributed by atoms with van der Waals surface area (Å²) in [5, 5.41) is 8.51. The molecule has 0 rings (SSSR count). The van der Waals surface area contributed by atoms with Crippen molar-refractivity contribution >= 4 is 11.9 Å². The van der Waals surface area contributed by atoms with Crippen LogP contribution in [0, 0.1) is 0 Å². The highest BCUT2D eigenvalue weighted by Crippen LogP contribution is 2.01. The largest absolute Gasteiger partial charge is 0.479 e. The van der Waals surface area contributed by atoms with Crippen molar-refractivity contribution < 1.29 is 24.2 Å². The molecule has 0 bridgehead atoms. The van der Waals surface area contributed by atoms with E-state index < -0.39 is 24.1 Å². The molecule has 6 nitrogen and oxygen atoms in total. The maximum atomic E-state index is 10.6. The molecule has 0 aromatic rings. The molecule has 0 spiro atoms. The normalized spacial score (nSPS) is 15.2. The van der Waals surface area contributed by atoms with E-state index in [0.717, 1.165) is 7.11 Å². The molecule has 0 saturated heterocycles. The summed E-state index contributed by atoms with van der Waals surface area (Å²) in [4.78, 5) is 21.0. The van der Waals surface area contributed by atoms with Crippen LogP contribution in [0.15, 0.2) is 0 Å². The van der Waals surface area contributed by atoms with E-state index in [0.29, 0.717) is 0 Å². The first-order valence-corrected chi connectivity index (χ1v) is 3.12. The molecule has 2 atom stereocenters. The minimum Gasteiger partial charge on any atom is -0.479 e. The molecule has 0 heterocycles. The third kappa shape index (κ3) is 2.48. The van der Waals surface area contributed by atoms with Crippen LogP contribution in [0.5, 0.6) is 0 Å². The molecule has 1 amide bonds. The molecule has 0 aliphatic rings. The van der Waals surface area contributed by atoms with Crippen molar-refractivity contribution in [2.45, 2.75) is 12.2 Å². The van der Waals surface area contributed by atoms with E-state index in [1.807, 2.05) is 0 Å². The van der Waals surface area contributed by atoms with Gasteiger partial charge in [-0.25, -0.2) is 4.79 Å². The zero-order chi connectivity index (χ0) is 9.72. The Kier molecular flexibility index (Phi) is 4.24. The molecular weight excluding hydrogens is 166 g/mol. The topological polar surface area (TPSA) is 98.9 Å². The number of rotatable bonds is 5. The van der Waals surface area contributed by atoms with Crippen LogP contribution in [0.2, 0.25) is 0 Å². The van der Waals surface area contributed by atoms with E-state index in [1.165, 1.54) is 7.11 Å². The summed E-state index contributed by atoms with van der Waals surface area (Å²) in [5.74, 6) is -2.16. The van der Waals surface area contributed by atoms with Gasteiger partial charge in [-0.3, -0.25) is 4.79 Å². The Morgan fingerprint density at radius 2 is 1.67 bits per heavy atom. The van der Waals surface area contributed by atoms with Crippen molar-refractivity contribution in [3.63, 3.8) is 0 Å². The minimum absolute atomic E-state index is 0.869. The SMILES string of the molecule is COC(C(N)=O)C(OC)C(=O)O. The van der Waals surface area contributed by atoms with Gasteiger partial charge in [0, 0.05) is 14.2 Å². The number of carboxylic acid groups (broad SMARTS) is 1. The van der Waals surface area contributed by atoms with Gasteiger partial charge < -0.3 is 20.3 Å². The lowest BCUT2D eigenvalue weighted by atomic mass is 10.2. The van der Waals surface area contributed by atoms with Gasteiger partial charge in [0.15, 0.2) is 12.2 Å². The van der Waals surface area contributed by atoms with Gasteiger partial charge in [-0.05, 0) is 0 Å². The Bertz CT molecular complexity index is 161. The predicted octanol–water partition coefficient (Wildman–Crippen LogP) is -1.41. The van der Waals surface area contributed by atoms with Gasteiger partial charge >= 0.3 is 5.97 Å². The number of carbonyl (C=O) groups is 2. The lowest BCUT2D eigenvalue weighted by molar-refractivity contribution is -0.162. The molecule has 6 heteroatoms. The van der Waals surface area contributed by atoms with Crippen LogP contribution in [-0.4, -0.2) is 43.4 Å². The van der Waals surface area contributed by atoms with E-state index in [2.05, 4.69) is 9.47 Å². The summed E-state index contributed by atoms with van der Waals surface area (Å²) in [6, 6.07) is 0. The lowest BCUT2D eigenvalue weighted by Crippen LogP contribution is -2.45. The monoisotopic (exact) mass is 177 g/mol. The van der Waals surface area contributed by atoms with E-state index in [-0.39, 0.29) is 0 Å². The molecule has 0 saturated carbocycles. The quantitative estimate of drug-likeness (QED) is 0.537. The number of nitrogens with two attached hydrogens (primary N) is 1. The van der Waals surface area contributed by atoms with Crippen molar-refractivity contribution in [3.8, 4) is 0 Å². The maximum Gasteiger partial charge on any atom is 0.336 e. The number of hydrogen-bond acceptors (Lipinski definition) is 4. The van der Waals surface area contributed by atoms with Gasteiger partial charge in [0.25, 0.3) is 0 Å². The first kappa shape index (κ1) is 10.9. The first-order valence-electron chi connectivity index (χ1n) is 3.12. The highest BCUT2D eigenvalue weighted by molar-refractivity contribution is 5.86. The maximum absolute atomic E-state index is 10.6. The molecule has 0 fully saturated rings. The standard InChI is InChI=1S/C6H11NO5/c1-11-3(5(7)8)4(12-2)6(9)10/h3-4H,1-2H3,(H2,7,8)(H,9,10). The van der Waals surface area contributed by atoms with Crippen molar-refractivity contribution in [1.82, 2.24) is 0 Å². The number of primary amides is 1. The van der Waals surface area contributed by atoms with Crippen LogP contribution >= 0.6 is 0 Å². The molecule has 3 N–H and O–H groups in total. The Labute approximate surface area is 69.2 Å². The third-order valence-corrected chi connectivity index (χ3v) is 1.31. The number of ether oxygens (including phenoxy) is 2. The average Bonchev–Trinajstić information content (AvgIpc) is 1.98. The number of amides is 1. The smallest absolute Gasteiger partial charge is 0.336 e. The van der Waals surface area contributed by atoms with Gasteiger partial charge in [-0.2, -0.15) is 0 Å². The highest BCUT2D eigenvalue weighted by Gasteiger charge is 2.32. The number of hydrogen-bond donors (Lipinski definition) is 2. The molecule has 0 radical (unpaired) electrons. The van der Waals surface area contributed by atoms with Gasteiger partial charge in [0.2, 0.25) is 5.91 Å². The highest BCUT2D eigenvalue weighted by atomic mass is 16.5. The number of aliphatic carboxylic acids is 1. The number of carboxylic acids is 1. The van der Waals surface area contributed by atoms with Crippen molar-refractivity contribution in [3.05, 3.63) is 0 Å². The van der Waals surface area contributed by atoms with Crippen LogP contribution in [0.25, 0.3) is 0 Å². The Balaban J connectivity index is 4.44. The lowest BCUT2D eigenvalue weighted by Gasteiger charge is -2.17. The summed E-state index contributed by atoms with van der Waals surface area (Å²) >= 11 is 0. The van der Waals surface area contributed by atoms with Gasteiger partial charge in [0.05, 0.1) is 0 Å². The van der Waals surface area contributed by atoms with Crippen molar-refractivity contribution in [1.29, 1.82) is 0 Å². The summed E-state index contributed by atoms with van der Waals surface area (Å²) in [7, 11) is 2.35. The minimum atomic E-state index is -1.35. The average molecular weight is 177 g/mol. The van der Waals surface area contributed by atoms with Crippen molar-refractivity contribution in [2.75, 3.05) is 14.2 Å². The van der Waals surface area contributed by atoms with Gasteiger partial charge in [-0.1, -0.05) is 0 Å². The molecule has 0 aliphatic heterocycles. The molecule has 12 heavy (non-hydrogen) atoms. The summed E-state index contributed by atoms with van der Waals surface area (Å²) in [5.41, 5.74) is 4.85. The second kappa shape index (κ2) is 4.68. The van der Waals surface area contributed by atoms with E-state index in [4.69, 9.17) is 10.8 Å². The zero-order valence-electron chi connectivity index (χ0n) is 6.81. The zero-order valence-corrected chi connectivity index (χ0v) is 6.81. The fraction of sp³-hybridized carbons (Fsp3) is 0.667. The molecule has 2 unspecified atom stereocenters. The number of methoxy groups -OCH3 is 2. The second-order valence-corrected chi connectivity index (χ2v) is 2.05. The van der Waals surface area contributed by atoms with Crippen LogP contribution in [0.4, 0.5) is 0 Å². The van der Waals surface area contributed by atoms with Crippen LogP contribution < -0.4 is 5.73 Å². The molecule has 0 aromatic heterocycles. The van der Waals surface area contributed by atoms with Gasteiger partial charge in [0.1, 0.15) is 0 Å². The molecule has 0 aromatic carbocycles. The Morgan fingerprint density at radius 3 is 1.75 bits per heavy atom. The van der Waals surface area contributed by atoms with Crippen molar-refractivity contribution in [2.24, 2.45) is 5.73 Å². The fourth-order valence-electron chi connectivity index (χ4n) is 0.743.